The molecule has 15 heavy (non-hydrogen) atoms. The highest BCUT2D eigenvalue weighted by molar-refractivity contribution is 5.73. The summed E-state index contributed by atoms with van der Waals surface area (Å²) in [5.74, 6) is 0. The molecular weight excluding hydrogens is 198 g/mol. The van der Waals surface area contributed by atoms with Crippen LogP contribution in [0.1, 0.15) is 28.6 Å². The first kappa shape index (κ1) is 11.8. The quantitative estimate of drug-likeness (QED) is 0.580. The highest BCUT2D eigenvalue weighted by atomic mass is 16.3. The lowest BCUT2D eigenvalue weighted by molar-refractivity contribution is 0.00191. The first-order valence-electron chi connectivity index (χ1n) is 4.57. The van der Waals surface area contributed by atoms with Gasteiger partial charge in [0, 0.05) is 18.4 Å². The minimum absolute atomic E-state index is 0.0816. The van der Waals surface area contributed by atoms with Crippen LogP contribution in [0.25, 0.3) is 0 Å². The summed E-state index contributed by atoms with van der Waals surface area (Å²) >= 11 is 0. The van der Waals surface area contributed by atoms with E-state index in [4.69, 9.17) is 5.11 Å². The molecule has 0 fully saturated rings. The Labute approximate surface area is 87.0 Å². The zero-order chi connectivity index (χ0) is 11.3. The number of carbonyl (C=O) groups is 1. The number of pyridine rings is 1. The monoisotopic (exact) mass is 211 g/mol. The van der Waals surface area contributed by atoms with E-state index in [0.717, 1.165) is 0 Å². The third kappa shape index (κ3) is 3.09. The second-order valence-corrected chi connectivity index (χ2v) is 3.16. The molecule has 1 aromatic heterocycles. The SMILES string of the molecule is O=Cc1ccc(C(O)C(O)CCO)nc1. The van der Waals surface area contributed by atoms with E-state index >= 15 is 0 Å². The Balaban J connectivity index is 2.73. The van der Waals surface area contributed by atoms with Gasteiger partial charge in [-0.25, -0.2) is 0 Å². The van der Waals surface area contributed by atoms with Crippen molar-refractivity contribution in [3.05, 3.63) is 29.6 Å². The van der Waals surface area contributed by atoms with E-state index in [0.29, 0.717) is 11.8 Å². The second-order valence-electron chi connectivity index (χ2n) is 3.16. The lowest BCUT2D eigenvalue weighted by Crippen LogP contribution is -2.20. The van der Waals surface area contributed by atoms with Gasteiger partial charge in [0.1, 0.15) is 6.10 Å². The van der Waals surface area contributed by atoms with Gasteiger partial charge >= 0.3 is 0 Å². The molecule has 1 aromatic rings. The van der Waals surface area contributed by atoms with Crippen molar-refractivity contribution in [3.63, 3.8) is 0 Å². The van der Waals surface area contributed by atoms with Crippen LogP contribution >= 0.6 is 0 Å². The zero-order valence-corrected chi connectivity index (χ0v) is 8.08. The zero-order valence-electron chi connectivity index (χ0n) is 8.08. The van der Waals surface area contributed by atoms with Gasteiger partial charge in [-0.05, 0) is 18.6 Å². The normalized spacial score (nSPS) is 14.6. The number of aromatic nitrogens is 1. The van der Waals surface area contributed by atoms with E-state index < -0.39 is 12.2 Å². The molecule has 5 nitrogen and oxygen atoms in total. The number of hydrogen-bond donors (Lipinski definition) is 3. The summed E-state index contributed by atoms with van der Waals surface area (Å²) in [6.45, 7) is -0.204. The number of aldehydes is 1. The molecule has 0 spiro atoms. The van der Waals surface area contributed by atoms with Gasteiger partial charge in [-0.15, -0.1) is 0 Å². The molecule has 0 amide bonds. The van der Waals surface area contributed by atoms with Crippen molar-refractivity contribution in [2.45, 2.75) is 18.6 Å². The van der Waals surface area contributed by atoms with Crippen LogP contribution in [0.15, 0.2) is 18.3 Å². The number of hydrogen-bond acceptors (Lipinski definition) is 5. The van der Waals surface area contributed by atoms with Crippen LogP contribution in [0.5, 0.6) is 0 Å². The maximum Gasteiger partial charge on any atom is 0.151 e. The predicted octanol–water partition coefficient (Wildman–Crippen LogP) is -0.329. The average Bonchev–Trinajstić information content (AvgIpc) is 2.28. The van der Waals surface area contributed by atoms with Gasteiger partial charge < -0.3 is 15.3 Å². The minimum atomic E-state index is -1.14. The Kier molecular flexibility index (Phi) is 4.36. The number of rotatable bonds is 5. The van der Waals surface area contributed by atoms with Crippen molar-refractivity contribution in [1.82, 2.24) is 4.98 Å². The molecule has 1 rings (SSSR count). The third-order valence-electron chi connectivity index (χ3n) is 2.04. The smallest absolute Gasteiger partial charge is 0.151 e. The molecule has 0 saturated carbocycles. The van der Waals surface area contributed by atoms with Crippen LogP contribution in [-0.2, 0) is 0 Å². The molecule has 0 radical (unpaired) electrons. The van der Waals surface area contributed by atoms with Crippen LogP contribution in [0.4, 0.5) is 0 Å². The number of carbonyl (C=O) groups excluding carboxylic acids is 1. The Morgan fingerprint density at radius 2 is 2.13 bits per heavy atom. The molecule has 0 saturated heterocycles. The molecule has 2 atom stereocenters. The topological polar surface area (TPSA) is 90.7 Å². The van der Waals surface area contributed by atoms with Gasteiger partial charge in [-0.1, -0.05) is 0 Å². The molecule has 0 aliphatic rings. The maximum atomic E-state index is 10.3. The van der Waals surface area contributed by atoms with Gasteiger partial charge in [0.15, 0.2) is 6.29 Å². The third-order valence-corrected chi connectivity index (χ3v) is 2.04. The van der Waals surface area contributed by atoms with Crippen LogP contribution < -0.4 is 0 Å². The van der Waals surface area contributed by atoms with Gasteiger partial charge in [0.25, 0.3) is 0 Å². The van der Waals surface area contributed by atoms with Crippen LogP contribution in [0.2, 0.25) is 0 Å². The summed E-state index contributed by atoms with van der Waals surface area (Å²) in [6.07, 6.45) is -0.148. The molecule has 0 aromatic carbocycles. The largest absolute Gasteiger partial charge is 0.396 e. The summed E-state index contributed by atoms with van der Waals surface area (Å²) in [5.41, 5.74) is 0.684. The highest BCUT2D eigenvalue weighted by Gasteiger charge is 2.18. The van der Waals surface area contributed by atoms with Crippen molar-refractivity contribution in [1.29, 1.82) is 0 Å². The molecule has 82 valence electrons. The van der Waals surface area contributed by atoms with E-state index in [2.05, 4.69) is 4.98 Å². The van der Waals surface area contributed by atoms with Crippen LogP contribution in [-0.4, -0.2) is 39.3 Å². The van der Waals surface area contributed by atoms with Crippen LogP contribution in [0, 0.1) is 0 Å². The summed E-state index contributed by atoms with van der Waals surface area (Å²) in [4.78, 5) is 14.2. The molecule has 3 N–H and O–H groups in total. The van der Waals surface area contributed by atoms with Gasteiger partial charge in [-0.3, -0.25) is 9.78 Å². The fourth-order valence-electron chi connectivity index (χ4n) is 1.15. The summed E-state index contributed by atoms with van der Waals surface area (Å²) < 4.78 is 0. The highest BCUT2D eigenvalue weighted by Crippen LogP contribution is 2.16. The van der Waals surface area contributed by atoms with Crippen LogP contribution in [0.3, 0.4) is 0 Å². The number of aliphatic hydroxyl groups is 3. The first-order chi connectivity index (χ1) is 7.19. The lowest BCUT2D eigenvalue weighted by Gasteiger charge is -2.15. The molecule has 2 unspecified atom stereocenters. The van der Waals surface area contributed by atoms with Gasteiger partial charge in [-0.2, -0.15) is 0 Å². The fraction of sp³-hybridized carbons (Fsp3) is 0.400. The van der Waals surface area contributed by atoms with Gasteiger partial charge in [0.05, 0.1) is 11.8 Å². The average molecular weight is 211 g/mol. The van der Waals surface area contributed by atoms with E-state index in [1.54, 1.807) is 0 Å². The minimum Gasteiger partial charge on any atom is -0.396 e. The van der Waals surface area contributed by atoms with Crippen molar-refractivity contribution >= 4 is 6.29 Å². The van der Waals surface area contributed by atoms with Gasteiger partial charge in [0.2, 0.25) is 0 Å². The fourth-order valence-corrected chi connectivity index (χ4v) is 1.15. The van der Waals surface area contributed by atoms with E-state index in [-0.39, 0.29) is 18.7 Å². The van der Waals surface area contributed by atoms with E-state index in [1.807, 2.05) is 0 Å². The molecule has 1 heterocycles. The standard InChI is InChI=1S/C10H13NO4/c12-4-3-9(14)10(15)8-2-1-7(6-13)5-11-8/h1-2,5-6,9-10,12,14-15H,3-4H2. The van der Waals surface area contributed by atoms with E-state index in [1.165, 1.54) is 18.3 Å². The summed E-state index contributed by atoms with van der Waals surface area (Å²) in [7, 11) is 0. The van der Waals surface area contributed by atoms with Crippen molar-refractivity contribution in [2.75, 3.05) is 6.61 Å². The Bertz CT molecular complexity index is 312. The molecular formula is C10H13NO4. The van der Waals surface area contributed by atoms with Crippen molar-refractivity contribution in [3.8, 4) is 0 Å². The second kappa shape index (κ2) is 5.55. The first-order valence-corrected chi connectivity index (χ1v) is 4.57. The van der Waals surface area contributed by atoms with Crippen molar-refractivity contribution < 1.29 is 20.1 Å². The Hall–Kier alpha value is -1.30. The number of nitrogens with zero attached hydrogens (tertiary/aromatic N) is 1. The Morgan fingerprint density at radius 3 is 2.60 bits per heavy atom. The summed E-state index contributed by atoms with van der Waals surface area (Å²) in [5, 5.41) is 27.5. The van der Waals surface area contributed by atoms with Crippen molar-refractivity contribution in [2.24, 2.45) is 0 Å². The Morgan fingerprint density at radius 1 is 1.40 bits per heavy atom. The number of aliphatic hydroxyl groups excluding tert-OH is 3. The summed E-state index contributed by atoms with van der Waals surface area (Å²) in [6, 6.07) is 2.97. The maximum absolute atomic E-state index is 10.3. The molecule has 0 aliphatic heterocycles. The van der Waals surface area contributed by atoms with E-state index in [9.17, 15) is 15.0 Å². The molecule has 5 heteroatoms. The predicted molar refractivity (Wildman–Crippen MR) is 52.3 cm³/mol. The lowest BCUT2D eigenvalue weighted by atomic mass is 10.1. The molecule has 0 aliphatic carbocycles. The molecule has 0 bridgehead atoms.